The zero-order valence-electron chi connectivity index (χ0n) is 15.0. The van der Waals surface area contributed by atoms with Crippen LogP contribution in [0.5, 0.6) is 5.88 Å². The third-order valence-electron chi connectivity index (χ3n) is 3.90. The molecular weight excluding hydrogens is 330 g/mol. The fraction of sp³-hybridized carbons (Fsp3) is 0.316. The van der Waals surface area contributed by atoms with E-state index < -0.39 is 0 Å². The number of rotatable bonds is 8. The molecule has 7 heteroatoms. The Bertz CT molecular complexity index is 861. The maximum atomic E-state index is 12.5. The van der Waals surface area contributed by atoms with Crippen molar-refractivity contribution >= 4 is 22.8 Å². The summed E-state index contributed by atoms with van der Waals surface area (Å²) in [6.07, 6.45) is 5.30. The van der Waals surface area contributed by atoms with Gasteiger partial charge in [-0.3, -0.25) is 4.79 Å². The quantitative estimate of drug-likeness (QED) is 0.609. The first kappa shape index (κ1) is 17.9. The smallest absolute Gasteiger partial charge is 0.260 e. The molecule has 0 radical (unpaired) electrons. The number of nitrogens with one attached hydrogen (secondary N) is 2. The average molecular weight is 353 g/mol. The van der Waals surface area contributed by atoms with Crippen LogP contribution in [-0.4, -0.2) is 53.0 Å². The molecular formula is C19H23N5O2. The molecule has 3 rings (SSSR count). The number of amides is 1. The SMILES string of the molecule is CN(C)CCCCOc1ccc2[nH]cc(C(=O)Nc3ccccn3)c2n1. The summed E-state index contributed by atoms with van der Waals surface area (Å²) in [5, 5.41) is 2.77. The Labute approximate surface area is 152 Å². The van der Waals surface area contributed by atoms with Crippen molar-refractivity contribution in [1.82, 2.24) is 19.9 Å². The van der Waals surface area contributed by atoms with Crippen molar-refractivity contribution in [2.45, 2.75) is 12.8 Å². The van der Waals surface area contributed by atoms with Crippen LogP contribution in [0, 0.1) is 0 Å². The third kappa shape index (κ3) is 4.58. The summed E-state index contributed by atoms with van der Waals surface area (Å²) in [7, 11) is 4.11. The minimum absolute atomic E-state index is 0.259. The largest absolute Gasteiger partial charge is 0.478 e. The number of carbonyl (C=O) groups excluding carboxylic acids is 1. The van der Waals surface area contributed by atoms with Gasteiger partial charge >= 0.3 is 0 Å². The van der Waals surface area contributed by atoms with E-state index >= 15 is 0 Å². The number of nitrogens with zero attached hydrogens (tertiary/aromatic N) is 3. The highest BCUT2D eigenvalue weighted by Crippen LogP contribution is 2.21. The highest BCUT2D eigenvalue weighted by molar-refractivity contribution is 6.11. The summed E-state index contributed by atoms with van der Waals surface area (Å²) < 4.78 is 5.73. The van der Waals surface area contributed by atoms with Gasteiger partial charge < -0.3 is 19.9 Å². The van der Waals surface area contributed by atoms with Crippen LogP contribution in [0.15, 0.2) is 42.7 Å². The second-order valence-corrected chi connectivity index (χ2v) is 6.28. The van der Waals surface area contributed by atoms with E-state index in [4.69, 9.17) is 4.74 Å². The van der Waals surface area contributed by atoms with Gasteiger partial charge in [0, 0.05) is 18.5 Å². The predicted octanol–water partition coefficient (Wildman–Crippen LogP) is 2.93. The average Bonchev–Trinajstić information content (AvgIpc) is 3.05. The van der Waals surface area contributed by atoms with Gasteiger partial charge in [0.05, 0.1) is 17.7 Å². The van der Waals surface area contributed by atoms with Crippen LogP contribution in [0.3, 0.4) is 0 Å². The summed E-state index contributed by atoms with van der Waals surface area (Å²) in [5.74, 6) is 0.763. The van der Waals surface area contributed by atoms with E-state index in [1.165, 1.54) is 0 Å². The Morgan fingerprint density at radius 3 is 2.88 bits per heavy atom. The molecule has 26 heavy (non-hydrogen) atoms. The lowest BCUT2D eigenvalue weighted by atomic mass is 10.2. The predicted molar refractivity (Wildman–Crippen MR) is 102 cm³/mol. The molecule has 7 nitrogen and oxygen atoms in total. The molecule has 3 aromatic heterocycles. The topological polar surface area (TPSA) is 83.1 Å². The van der Waals surface area contributed by atoms with Crippen molar-refractivity contribution < 1.29 is 9.53 Å². The second kappa shape index (κ2) is 8.44. The van der Waals surface area contributed by atoms with Gasteiger partial charge in [0.1, 0.15) is 11.3 Å². The van der Waals surface area contributed by atoms with Gasteiger partial charge in [-0.25, -0.2) is 9.97 Å². The Morgan fingerprint density at radius 1 is 1.23 bits per heavy atom. The molecule has 0 bridgehead atoms. The molecule has 0 aliphatic heterocycles. The summed E-state index contributed by atoms with van der Waals surface area (Å²) in [5.41, 5.74) is 1.84. The highest BCUT2D eigenvalue weighted by Gasteiger charge is 2.14. The van der Waals surface area contributed by atoms with E-state index in [-0.39, 0.29) is 5.91 Å². The standard InChI is InChI=1S/C19H23N5O2/c1-24(2)11-5-6-12-26-17-9-8-15-18(23-17)14(13-21-15)19(25)22-16-7-3-4-10-20-16/h3-4,7-10,13,21H,5-6,11-12H2,1-2H3,(H,20,22,25). The Morgan fingerprint density at radius 2 is 2.12 bits per heavy atom. The number of H-pyrrole nitrogens is 1. The highest BCUT2D eigenvalue weighted by atomic mass is 16.5. The van der Waals surface area contributed by atoms with Gasteiger partial charge in [-0.1, -0.05) is 6.07 Å². The normalized spacial score (nSPS) is 11.0. The van der Waals surface area contributed by atoms with Crippen molar-refractivity contribution in [3.8, 4) is 5.88 Å². The third-order valence-corrected chi connectivity index (χ3v) is 3.90. The van der Waals surface area contributed by atoms with E-state index in [1.54, 1.807) is 24.5 Å². The molecule has 0 unspecified atom stereocenters. The lowest BCUT2D eigenvalue weighted by molar-refractivity contribution is 0.102. The van der Waals surface area contributed by atoms with Crippen LogP contribution >= 0.6 is 0 Å². The molecule has 0 aliphatic carbocycles. The summed E-state index contributed by atoms with van der Waals surface area (Å²) >= 11 is 0. The second-order valence-electron chi connectivity index (χ2n) is 6.28. The van der Waals surface area contributed by atoms with Crippen molar-refractivity contribution in [1.29, 1.82) is 0 Å². The molecule has 1 amide bonds. The number of hydrogen-bond donors (Lipinski definition) is 2. The molecule has 0 saturated carbocycles. The first-order chi connectivity index (χ1) is 12.6. The maximum Gasteiger partial charge on any atom is 0.260 e. The number of pyridine rings is 2. The molecule has 0 aliphatic rings. The minimum atomic E-state index is -0.259. The Kier molecular flexibility index (Phi) is 5.80. The fourth-order valence-corrected chi connectivity index (χ4v) is 2.56. The lowest BCUT2D eigenvalue weighted by Gasteiger charge is -2.09. The van der Waals surface area contributed by atoms with Gasteiger partial charge in [-0.2, -0.15) is 0 Å². The number of aromatic nitrogens is 3. The Hall–Kier alpha value is -2.93. The Balaban J connectivity index is 1.67. The van der Waals surface area contributed by atoms with Crippen LogP contribution in [-0.2, 0) is 0 Å². The molecule has 0 saturated heterocycles. The number of aromatic amines is 1. The van der Waals surface area contributed by atoms with Crippen molar-refractivity contribution in [3.05, 3.63) is 48.3 Å². The molecule has 3 heterocycles. The molecule has 3 aromatic rings. The summed E-state index contributed by atoms with van der Waals surface area (Å²) in [6, 6.07) is 9.03. The summed E-state index contributed by atoms with van der Waals surface area (Å²) in [6.45, 7) is 1.64. The van der Waals surface area contributed by atoms with Gasteiger partial charge in [0.2, 0.25) is 5.88 Å². The fourth-order valence-electron chi connectivity index (χ4n) is 2.56. The van der Waals surface area contributed by atoms with Crippen LogP contribution in [0.1, 0.15) is 23.2 Å². The number of hydrogen-bond acceptors (Lipinski definition) is 5. The first-order valence-corrected chi connectivity index (χ1v) is 8.61. The molecule has 0 atom stereocenters. The van der Waals surface area contributed by atoms with Crippen LogP contribution in [0.2, 0.25) is 0 Å². The molecule has 136 valence electrons. The zero-order valence-corrected chi connectivity index (χ0v) is 15.0. The monoisotopic (exact) mass is 353 g/mol. The number of carbonyl (C=O) groups is 1. The van der Waals surface area contributed by atoms with E-state index in [1.807, 2.05) is 18.2 Å². The number of anilines is 1. The zero-order chi connectivity index (χ0) is 18.4. The van der Waals surface area contributed by atoms with E-state index in [0.717, 1.165) is 24.9 Å². The first-order valence-electron chi connectivity index (χ1n) is 8.61. The molecule has 2 N–H and O–H groups in total. The lowest BCUT2D eigenvalue weighted by Crippen LogP contribution is -2.14. The van der Waals surface area contributed by atoms with Crippen LogP contribution in [0.25, 0.3) is 11.0 Å². The number of ether oxygens (including phenoxy) is 1. The van der Waals surface area contributed by atoms with Gasteiger partial charge in [0.25, 0.3) is 5.91 Å². The van der Waals surface area contributed by atoms with Gasteiger partial charge in [-0.05, 0) is 51.7 Å². The van der Waals surface area contributed by atoms with Crippen LogP contribution < -0.4 is 10.1 Å². The summed E-state index contributed by atoms with van der Waals surface area (Å²) in [4.78, 5) is 26.3. The number of fused-ring (bicyclic) bond motifs is 1. The van der Waals surface area contributed by atoms with Gasteiger partial charge in [0.15, 0.2) is 0 Å². The van der Waals surface area contributed by atoms with E-state index in [0.29, 0.717) is 29.4 Å². The van der Waals surface area contributed by atoms with Crippen LogP contribution in [0.4, 0.5) is 5.82 Å². The van der Waals surface area contributed by atoms with Crippen molar-refractivity contribution in [2.24, 2.45) is 0 Å². The van der Waals surface area contributed by atoms with E-state index in [2.05, 4.69) is 39.3 Å². The van der Waals surface area contributed by atoms with Crippen molar-refractivity contribution in [2.75, 3.05) is 32.6 Å². The minimum Gasteiger partial charge on any atom is -0.478 e. The molecule has 0 aromatic carbocycles. The molecule has 0 fully saturated rings. The van der Waals surface area contributed by atoms with Gasteiger partial charge in [-0.15, -0.1) is 0 Å². The van der Waals surface area contributed by atoms with E-state index in [9.17, 15) is 4.79 Å². The van der Waals surface area contributed by atoms with Crippen molar-refractivity contribution in [3.63, 3.8) is 0 Å². The maximum absolute atomic E-state index is 12.5. The molecule has 0 spiro atoms. The number of unbranched alkanes of at least 4 members (excludes halogenated alkanes) is 1.